The zero-order valence-electron chi connectivity index (χ0n) is 25.0. The molecule has 2 atom stereocenters. The van der Waals surface area contributed by atoms with Gasteiger partial charge < -0.3 is 34.8 Å². The summed E-state index contributed by atoms with van der Waals surface area (Å²) >= 11 is 0. The first kappa shape index (κ1) is 31.0. The van der Waals surface area contributed by atoms with E-state index >= 15 is 0 Å². The number of hydrogen-bond donors (Lipinski definition) is 3. The predicted octanol–water partition coefficient (Wildman–Crippen LogP) is 2.08. The first-order chi connectivity index (χ1) is 21.7. The van der Waals surface area contributed by atoms with Crippen molar-refractivity contribution in [1.29, 1.82) is 0 Å². The lowest BCUT2D eigenvalue weighted by molar-refractivity contribution is -0.167. The summed E-state index contributed by atoms with van der Waals surface area (Å²) in [7, 11) is 0. The van der Waals surface area contributed by atoms with Crippen LogP contribution in [0.4, 0.5) is 26.1 Å². The molecule has 0 saturated carbocycles. The molecule has 3 aliphatic rings. The van der Waals surface area contributed by atoms with E-state index in [4.69, 9.17) is 14.6 Å². The number of carbonyl (C=O) groups is 1. The lowest BCUT2D eigenvalue weighted by Gasteiger charge is -2.43. The molecule has 3 N–H and O–H groups in total. The van der Waals surface area contributed by atoms with Gasteiger partial charge in [0.25, 0.3) is 5.91 Å². The third-order valence-corrected chi connectivity index (χ3v) is 8.52. The van der Waals surface area contributed by atoms with Crippen molar-refractivity contribution in [3.05, 3.63) is 54.4 Å². The number of aliphatic hydroxyl groups is 2. The minimum Gasteiger partial charge on any atom is -0.484 e. The van der Waals surface area contributed by atoms with Crippen molar-refractivity contribution in [2.24, 2.45) is 0 Å². The van der Waals surface area contributed by atoms with Crippen molar-refractivity contribution in [1.82, 2.24) is 24.8 Å². The number of ether oxygens (including phenoxy) is 2. The maximum absolute atomic E-state index is 14.9. The van der Waals surface area contributed by atoms with Crippen LogP contribution in [0.25, 0.3) is 11.4 Å². The molecule has 1 aromatic heterocycles. The number of likely N-dealkylation sites (tertiary alicyclic amines) is 1. The molecule has 240 valence electrons. The second-order valence-corrected chi connectivity index (χ2v) is 11.6. The van der Waals surface area contributed by atoms with Gasteiger partial charge in [-0.2, -0.15) is 4.98 Å². The van der Waals surface area contributed by atoms with Crippen molar-refractivity contribution in [3.63, 3.8) is 0 Å². The van der Waals surface area contributed by atoms with Gasteiger partial charge in [-0.05, 0) is 55.0 Å². The highest BCUT2D eigenvalue weighted by atomic mass is 19.3. The van der Waals surface area contributed by atoms with Gasteiger partial charge in [0, 0.05) is 56.1 Å². The number of anilines is 3. The number of hydrogen-bond acceptors (Lipinski definition) is 11. The van der Waals surface area contributed by atoms with Crippen LogP contribution in [0, 0.1) is 6.92 Å². The molecule has 0 spiro atoms. The van der Waals surface area contributed by atoms with Gasteiger partial charge in [-0.3, -0.25) is 9.69 Å². The van der Waals surface area contributed by atoms with Gasteiger partial charge in [0.05, 0.1) is 32.4 Å². The molecule has 14 heteroatoms. The Morgan fingerprint density at radius 1 is 1.11 bits per heavy atom. The number of halogens is 2. The molecule has 6 rings (SSSR count). The fraction of sp³-hybridized carbons (Fsp3) is 0.484. The third kappa shape index (κ3) is 6.98. The summed E-state index contributed by atoms with van der Waals surface area (Å²) in [4.78, 5) is 30.9. The summed E-state index contributed by atoms with van der Waals surface area (Å²) in [6.07, 6.45) is -1.89. The van der Waals surface area contributed by atoms with Crippen molar-refractivity contribution in [2.45, 2.75) is 37.5 Å². The van der Waals surface area contributed by atoms with E-state index in [2.05, 4.69) is 42.2 Å². The lowest BCUT2D eigenvalue weighted by Crippen LogP contribution is -2.57. The lowest BCUT2D eigenvalue weighted by atomic mass is 10.0. The molecular formula is C31H37F2N7O5. The monoisotopic (exact) mass is 625 g/mol. The molecule has 3 aliphatic heterocycles. The minimum absolute atomic E-state index is 0.0236. The van der Waals surface area contributed by atoms with Gasteiger partial charge in [0.1, 0.15) is 12.1 Å². The van der Waals surface area contributed by atoms with E-state index in [1.54, 1.807) is 25.1 Å². The number of benzene rings is 2. The van der Waals surface area contributed by atoms with Crippen molar-refractivity contribution in [2.75, 3.05) is 69.3 Å². The minimum atomic E-state index is -3.35. The molecule has 3 aromatic rings. The summed E-state index contributed by atoms with van der Waals surface area (Å²) in [5.41, 5.74) is 3.28. The van der Waals surface area contributed by atoms with Crippen LogP contribution >= 0.6 is 0 Å². The van der Waals surface area contributed by atoms with Gasteiger partial charge in [0.2, 0.25) is 5.95 Å². The zero-order chi connectivity index (χ0) is 31.6. The Hall–Kier alpha value is -3.98. The van der Waals surface area contributed by atoms with E-state index in [9.17, 15) is 18.7 Å². The third-order valence-electron chi connectivity index (χ3n) is 8.52. The number of aryl methyl sites for hydroxylation is 1. The van der Waals surface area contributed by atoms with Crippen molar-refractivity contribution in [3.8, 4) is 17.1 Å². The molecule has 0 unspecified atom stereocenters. The Balaban J connectivity index is 1.06. The smallest absolute Gasteiger partial charge is 0.301 e. The fourth-order valence-corrected chi connectivity index (χ4v) is 5.78. The van der Waals surface area contributed by atoms with Crippen LogP contribution in [0.3, 0.4) is 0 Å². The molecule has 1 amide bonds. The van der Waals surface area contributed by atoms with Gasteiger partial charge in [-0.25, -0.2) is 18.7 Å². The molecule has 2 aromatic carbocycles. The summed E-state index contributed by atoms with van der Waals surface area (Å²) in [6, 6.07) is 13.8. The van der Waals surface area contributed by atoms with E-state index in [-0.39, 0.29) is 18.7 Å². The topological polar surface area (TPSA) is 136 Å². The van der Waals surface area contributed by atoms with Gasteiger partial charge in [-0.1, -0.05) is 0 Å². The van der Waals surface area contributed by atoms with Crippen LogP contribution in [0.5, 0.6) is 5.75 Å². The Labute approximate surface area is 259 Å². The maximum Gasteiger partial charge on any atom is 0.301 e. The van der Waals surface area contributed by atoms with E-state index in [1.807, 2.05) is 12.1 Å². The number of alkyl halides is 2. The summed E-state index contributed by atoms with van der Waals surface area (Å²) in [5, 5.41) is 21.7. The van der Waals surface area contributed by atoms with Crippen LogP contribution in [-0.2, 0) is 9.53 Å². The van der Waals surface area contributed by atoms with E-state index in [0.29, 0.717) is 28.9 Å². The molecule has 3 saturated heterocycles. The highest BCUT2D eigenvalue weighted by Crippen LogP contribution is 2.34. The Morgan fingerprint density at radius 2 is 1.87 bits per heavy atom. The second-order valence-electron chi connectivity index (χ2n) is 11.6. The summed E-state index contributed by atoms with van der Waals surface area (Å²) in [5.74, 6) is -3.21. The zero-order valence-corrected chi connectivity index (χ0v) is 25.0. The molecular weight excluding hydrogens is 588 g/mol. The maximum atomic E-state index is 14.9. The molecule has 3 fully saturated rings. The van der Waals surface area contributed by atoms with Gasteiger partial charge in [0.15, 0.2) is 18.0 Å². The Kier molecular flexibility index (Phi) is 9.08. The van der Waals surface area contributed by atoms with Crippen LogP contribution in [0.1, 0.15) is 12.0 Å². The molecule has 0 radical (unpaired) electrons. The molecule has 0 bridgehead atoms. The number of nitrogens with one attached hydrogen (secondary N) is 1. The Morgan fingerprint density at radius 3 is 2.51 bits per heavy atom. The largest absolute Gasteiger partial charge is 0.484 e. The fourth-order valence-electron chi connectivity index (χ4n) is 5.78. The summed E-state index contributed by atoms with van der Waals surface area (Å²) in [6.45, 7) is 5.68. The highest BCUT2D eigenvalue weighted by Gasteiger charge is 2.48. The number of rotatable bonds is 9. The van der Waals surface area contributed by atoms with Gasteiger partial charge >= 0.3 is 5.92 Å². The molecule has 12 nitrogen and oxygen atoms in total. The predicted molar refractivity (Wildman–Crippen MR) is 162 cm³/mol. The molecule has 0 aliphatic carbocycles. The van der Waals surface area contributed by atoms with Crippen LogP contribution in [0.15, 0.2) is 48.8 Å². The van der Waals surface area contributed by atoms with Crippen molar-refractivity contribution < 1.29 is 33.3 Å². The van der Waals surface area contributed by atoms with E-state index in [1.165, 1.54) is 6.33 Å². The quantitative estimate of drug-likeness (QED) is 0.323. The Bertz CT molecular complexity index is 1490. The molecule has 4 heterocycles. The van der Waals surface area contributed by atoms with Crippen LogP contribution in [-0.4, -0.2) is 124 Å². The van der Waals surface area contributed by atoms with E-state index < -0.39 is 37.2 Å². The number of carbonyl (C=O) groups excluding carboxylic acids is 1. The average Bonchev–Trinajstić information content (AvgIpc) is 3.02. The number of piperazine rings is 1. The van der Waals surface area contributed by atoms with E-state index in [0.717, 1.165) is 55.7 Å². The normalized spacial score (nSPS) is 21.2. The second kappa shape index (κ2) is 13.2. The van der Waals surface area contributed by atoms with Crippen molar-refractivity contribution >= 4 is 23.2 Å². The number of amides is 1. The molecule has 45 heavy (non-hydrogen) atoms. The average molecular weight is 626 g/mol. The highest BCUT2D eigenvalue weighted by molar-refractivity contribution is 5.81. The van der Waals surface area contributed by atoms with Crippen LogP contribution < -0.4 is 15.0 Å². The first-order valence-corrected chi connectivity index (χ1v) is 15.1. The number of piperidine rings is 1. The SMILES string of the molecule is Cc1cc(-c2ncnc(Nc3ccc(N4CCN(C5COC5)CC4)cc3)n2)ccc1O[C@H]1CCN(C(=O)[C@H](O)CO)CC1(F)F. The van der Waals surface area contributed by atoms with Crippen LogP contribution in [0.2, 0.25) is 0 Å². The van der Waals surface area contributed by atoms with Gasteiger partial charge in [-0.15, -0.1) is 0 Å². The number of aliphatic hydroxyl groups excluding tert-OH is 2. The standard InChI is InChI=1S/C31H37F2N7O5/c1-20-14-21(2-7-26(20)45-27-8-9-40(18-31(27,32)33)29(43)25(42)15-41)28-34-19-35-30(37-28)36-22-3-5-23(6-4-22)38-10-12-39(13-11-38)24-16-44-17-24/h2-7,14,19,24-25,27,41-42H,8-13,15-18H2,1H3,(H,34,35,36,37)/t25-,27+/m1/s1. The number of aromatic nitrogens is 3. The number of nitrogens with zero attached hydrogens (tertiary/aromatic N) is 6. The summed E-state index contributed by atoms with van der Waals surface area (Å²) < 4.78 is 40.8. The first-order valence-electron chi connectivity index (χ1n) is 15.1.